The van der Waals surface area contributed by atoms with Gasteiger partial charge in [0.25, 0.3) is 10.0 Å². The van der Waals surface area contributed by atoms with Crippen LogP contribution in [0.3, 0.4) is 0 Å². The lowest BCUT2D eigenvalue weighted by Gasteiger charge is -2.24. The van der Waals surface area contributed by atoms with Crippen LogP contribution in [0, 0.1) is 6.92 Å². The predicted octanol–water partition coefficient (Wildman–Crippen LogP) is 4.43. The van der Waals surface area contributed by atoms with E-state index in [4.69, 9.17) is 0 Å². The second-order valence-corrected chi connectivity index (χ2v) is 9.82. The largest absolute Gasteiger partial charge is 0.372 e. The lowest BCUT2D eigenvalue weighted by atomic mass is 10.2. The van der Waals surface area contributed by atoms with Crippen molar-refractivity contribution >= 4 is 33.0 Å². The van der Waals surface area contributed by atoms with Crippen molar-refractivity contribution in [2.24, 2.45) is 0 Å². The molecule has 1 aliphatic heterocycles. The van der Waals surface area contributed by atoms with E-state index in [1.165, 1.54) is 25.0 Å². The molecule has 7 heteroatoms. The highest BCUT2D eigenvalue weighted by Gasteiger charge is 2.27. The van der Waals surface area contributed by atoms with Crippen LogP contribution in [0.25, 0.3) is 0 Å². The van der Waals surface area contributed by atoms with Crippen molar-refractivity contribution in [3.05, 3.63) is 84.4 Å². The molecule has 1 amide bonds. The van der Waals surface area contributed by atoms with Crippen molar-refractivity contribution in [1.29, 1.82) is 0 Å². The maximum absolute atomic E-state index is 13.4. The zero-order chi connectivity index (χ0) is 22.6. The van der Waals surface area contributed by atoms with Gasteiger partial charge in [0, 0.05) is 24.5 Å². The molecular weight excluding hydrogens is 422 g/mol. The summed E-state index contributed by atoms with van der Waals surface area (Å²) in [5.41, 5.74) is 3.13. The number of sulfonamides is 1. The lowest BCUT2D eigenvalue weighted by molar-refractivity contribution is -0.114. The first-order chi connectivity index (χ1) is 15.4. The minimum atomic E-state index is -3.91. The average molecular weight is 450 g/mol. The molecule has 1 aliphatic rings. The molecule has 1 N–H and O–H groups in total. The first kappa shape index (κ1) is 21.9. The quantitative estimate of drug-likeness (QED) is 0.579. The lowest BCUT2D eigenvalue weighted by Crippen LogP contribution is -2.38. The Morgan fingerprint density at radius 2 is 1.62 bits per heavy atom. The average Bonchev–Trinajstić information content (AvgIpc) is 3.33. The molecule has 3 aromatic rings. The number of anilines is 3. The molecule has 6 nitrogen and oxygen atoms in total. The number of nitrogens with zero attached hydrogens (tertiary/aromatic N) is 2. The number of carbonyl (C=O) groups is 1. The van der Waals surface area contributed by atoms with Gasteiger partial charge in [-0.05, 0) is 73.9 Å². The second-order valence-electron chi connectivity index (χ2n) is 7.95. The van der Waals surface area contributed by atoms with Crippen molar-refractivity contribution in [2.75, 3.05) is 34.2 Å². The first-order valence-electron chi connectivity index (χ1n) is 10.7. The van der Waals surface area contributed by atoms with Gasteiger partial charge in [-0.2, -0.15) is 0 Å². The smallest absolute Gasteiger partial charge is 0.264 e. The predicted molar refractivity (Wildman–Crippen MR) is 129 cm³/mol. The second kappa shape index (κ2) is 9.44. The van der Waals surface area contributed by atoms with Crippen LogP contribution in [0.1, 0.15) is 18.4 Å². The summed E-state index contributed by atoms with van der Waals surface area (Å²) in [6.45, 7) is 3.66. The van der Waals surface area contributed by atoms with Crippen molar-refractivity contribution in [3.63, 3.8) is 0 Å². The van der Waals surface area contributed by atoms with E-state index in [1.54, 1.807) is 36.4 Å². The minimum absolute atomic E-state index is 0.143. The van der Waals surface area contributed by atoms with Gasteiger partial charge in [0.05, 0.1) is 10.6 Å². The Morgan fingerprint density at radius 3 is 2.28 bits per heavy atom. The summed E-state index contributed by atoms with van der Waals surface area (Å²) in [5.74, 6) is -0.403. The van der Waals surface area contributed by atoms with E-state index in [2.05, 4.69) is 10.2 Å². The molecule has 0 bridgehead atoms. The normalized spacial score (nSPS) is 13.7. The Labute approximate surface area is 189 Å². The summed E-state index contributed by atoms with van der Waals surface area (Å²) in [6.07, 6.45) is 2.40. The maximum atomic E-state index is 13.4. The third-order valence-corrected chi connectivity index (χ3v) is 7.32. The molecule has 1 fully saturated rings. The molecule has 4 rings (SSSR count). The number of hydrogen-bond acceptors (Lipinski definition) is 4. The summed E-state index contributed by atoms with van der Waals surface area (Å²) < 4.78 is 27.9. The van der Waals surface area contributed by atoms with Gasteiger partial charge in [0.2, 0.25) is 5.91 Å². The van der Waals surface area contributed by atoms with Gasteiger partial charge >= 0.3 is 0 Å². The van der Waals surface area contributed by atoms with Crippen LogP contribution in [0.2, 0.25) is 0 Å². The SMILES string of the molecule is Cc1cccc(N(CC(=O)Nc2ccc(N3CCCC3)cc2)S(=O)(=O)c2ccccc2)c1. The maximum Gasteiger partial charge on any atom is 0.264 e. The number of amides is 1. The van der Waals surface area contributed by atoms with Gasteiger partial charge in [0.15, 0.2) is 0 Å². The van der Waals surface area contributed by atoms with Gasteiger partial charge in [-0.25, -0.2) is 8.42 Å². The van der Waals surface area contributed by atoms with E-state index in [1.807, 2.05) is 37.3 Å². The molecule has 0 saturated carbocycles. The van der Waals surface area contributed by atoms with Gasteiger partial charge in [0.1, 0.15) is 6.54 Å². The Morgan fingerprint density at radius 1 is 0.938 bits per heavy atom. The molecule has 166 valence electrons. The molecule has 0 radical (unpaired) electrons. The van der Waals surface area contributed by atoms with E-state index in [9.17, 15) is 13.2 Å². The Kier molecular flexibility index (Phi) is 6.46. The van der Waals surface area contributed by atoms with Crippen molar-refractivity contribution in [1.82, 2.24) is 0 Å². The zero-order valence-electron chi connectivity index (χ0n) is 18.1. The third kappa shape index (κ3) is 4.94. The Hall–Kier alpha value is -3.32. The summed E-state index contributed by atoms with van der Waals surface area (Å²) in [7, 11) is -3.91. The number of hydrogen-bond donors (Lipinski definition) is 1. The van der Waals surface area contributed by atoms with Gasteiger partial charge < -0.3 is 10.2 Å². The van der Waals surface area contributed by atoms with Crippen LogP contribution >= 0.6 is 0 Å². The van der Waals surface area contributed by atoms with Crippen molar-refractivity contribution < 1.29 is 13.2 Å². The van der Waals surface area contributed by atoms with E-state index in [0.717, 1.165) is 28.6 Å². The standard InChI is InChI=1S/C25H27N3O3S/c1-20-8-7-9-23(18-20)28(32(30,31)24-10-3-2-4-11-24)19-25(29)26-21-12-14-22(15-13-21)27-16-5-6-17-27/h2-4,7-15,18H,5-6,16-17,19H2,1H3,(H,26,29). The fourth-order valence-corrected chi connectivity index (χ4v) is 5.31. The molecule has 32 heavy (non-hydrogen) atoms. The van der Waals surface area contributed by atoms with Crippen molar-refractivity contribution in [2.45, 2.75) is 24.7 Å². The number of nitrogens with one attached hydrogen (secondary N) is 1. The number of benzene rings is 3. The number of aryl methyl sites for hydroxylation is 1. The molecule has 3 aromatic carbocycles. The number of carbonyl (C=O) groups excluding carboxylic acids is 1. The van der Waals surface area contributed by atoms with Crippen LogP contribution < -0.4 is 14.5 Å². The molecule has 0 atom stereocenters. The molecule has 0 spiro atoms. The van der Waals surface area contributed by atoms with Crippen LogP contribution in [0.5, 0.6) is 0 Å². The van der Waals surface area contributed by atoms with Gasteiger partial charge in [-0.1, -0.05) is 30.3 Å². The Bertz CT molecular complexity index is 1170. The molecule has 0 aromatic heterocycles. The minimum Gasteiger partial charge on any atom is -0.372 e. The first-order valence-corrected chi connectivity index (χ1v) is 12.2. The van der Waals surface area contributed by atoms with E-state index >= 15 is 0 Å². The summed E-state index contributed by atoms with van der Waals surface area (Å²) in [4.78, 5) is 15.3. The fourth-order valence-electron chi connectivity index (χ4n) is 3.88. The van der Waals surface area contributed by atoms with Crippen molar-refractivity contribution in [3.8, 4) is 0 Å². The fraction of sp³-hybridized carbons (Fsp3) is 0.240. The summed E-state index contributed by atoms with van der Waals surface area (Å²) >= 11 is 0. The molecule has 0 aliphatic carbocycles. The molecule has 1 heterocycles. The van der Waals surface area contributed by atoms with Crippen LogP contribution in [0.4, 0.5) is 17.1 Å². The molecule has 0 unspecified atom stereocenters. The van der Waals surface area contributed by atoms with Gasteiger partial charge in [-0.15, -0.1) is 0 Å². The van der Waals surface area contributed by atoms with Crippen LogP contribution in [-0.2, 0) is 14.8 Å². The van der Waals surface area contributed by atoms with E-state index < -0.39 is 15.9 Å². The van der Waals surface area contributed by atoms with E-state index in [-0.39, 0.29) is 11.4 Å². The molecule has 1 saturated heterocycles. The zero-order valence-corrected chi connectivity index (χ0v) is 18.9. The highest BCUT2D eigenvalue weighted by molar-refractivity contribution is 7.92. The topological polar surface area (TPSA) is 69.7 Å². The van der Waals surface area contributed by atoms with Crippen LogP contribution in [-0.4, -0.2) is 34.0 Å². The summed E-state index contributed by atoms with van der Waals surface area (Å²) in [5, 5.41) is 2.83. The van der Waals surface area contributed by atoms with Crippen LogP contribution in [0.15, 0.2) is 83.8 Å². The summed E-state index contributed by atoms with van der Waals surface area (Å²) in [6, 6.07) is 23.0. The monoisotopic (exact) mass is 449 g/mol. The highest BCUT2D eigenvalue weighted by atomic mass is 32.2. The third-order valence-electron chi connectivity index (χ3n) is 5.53. The highest BCUT2D eigenvalue weighted by Crippen LogP contribution is 2.25. The Balaban J connectivity index is 1.55. The van der Waals surface area contributed by atoms with Gasteiger partial charge in [-0.3, -0.25) is 9.10 Å². The van der Waals surface area contributed by atoms with E-state index in [0.29, 0.717) is 11.4 Å². The molecular formula is C25H27N3O3S. The number of rotatable bonds is 7.